The summed E-state index contributed by atoms with van der Waals surface area (Å²) in [5.41, 5.74) is 3.74. The molecular formula is C18H18FN3O. The van der Waals surface area contributed by atoms with E-state index in [4.69, 9.17) is 0 Å². The van der Waals surface area contributed by atoms with Crippen molar-refractivity contribution >= 4 is 16.9 Å². The van der Waals surface area contributed by atoms with Gasteiger partial charge in [-0.3, -0.25) is 4.79 Å². The normalized spacial score (nSPS) is 10.9. The highest BCUT2D eigenvalue weighted by atomic mass is 19.1. The number of amides is 1. The largest absolute Gasteiger partial charge is 0.352 e. The van der Waals surface area contributed by atoms with E-state index in [1.54, 1.807) is 12.1 Å². The fourth-order valence-electron chi connectivity index (χ4n) is 2.53. The summed E-state index contributed by atoms with van der Waals surface area (Å²) in [7, 11) is 1.97. The molecule has 0 aliphatic heterocycles. The van der Waals surface area contributed by atoms with Crippen molar-refractivity contribution in [1.82, 2.24) is 14.9 Å². The van der Waals surface area contributed by atoms with Crippen molar-refractivity contribution in [1.29, 1.82) is 0 Å². The molecule has 3 rings (SSSR count). The lowest BCUT2D eigenvalue weighted by molar-refractivity contribution is -0.120. The predicted molar refractivity (Wildman–Crippen MR) is 87.4 cm³/mol. The molecule has 4 nitrogen and oxygen atoms in total. The molecule has 0 spiro atoms. The van der Waals surface area contributed by atoms with E-state index in [9.17, 15) is 9.18 Å². The number of aromatic nitrogens is 2. The minimum absolute atomic E-state index is 0.0682. The van der Waals surface area contributed by atoms with Crippen LogP contribution in [0.2, 0.25) is 0 Å². The Morgan fingerprint density at radius 3 is 2.61 bits per heavy atom. The van der Waals surface area contributed by atoms with Crippen LogP contribution in [-0.2, 0) is 24.8 Å². The third-order valence-electron chi connectivity index (χ3n) is 3.94. The summed E-state index contributed by atoms with van der Waals surface area (Å²) in [6.45, 7) is 2.35. The quantitative estimate of drug-likeness (QED) is 0.805. The highest BCUT2D eigenvalue weighted by Crippen LogP contribution is 2.16. The molecule has 0 saturated heterocycles. The number of imidazole rings is 1. The van der Waals surface area contributed by atoms with Crippen LogP contribution in [0.5, 0.6) is 0 Å². The van der Waals surface area contributed by atoms with Gasteiger partial charge in [0.2, 0.25) is 5.91 Å². The molecule has 0 unspecified atom stereocenters. The molecule has 0 bridgehead atoms. The van der Waals surface area contributed by atoms with E-state index in [2.05, 4.69) is 10.3 Å². The van der Waals surface area contributed by atoms with Crippen LogP contribution in [-0.4, -0.2) is 15.5 Å². The SMILES string of the molecule is Cc1nc2cc(CC(=O)NCc3ccc(F)cc3)ccc2n1C. The lowest BCUT2D eigenvalue weighted by atomic mass is 10.1. The third-order valence-corrected chi connectivity index (χ3v) is 3.94. The molecule has 2 aromatic carbocycles. The molecule has 1 aromatic heterocycles. The molecule has 1 heterocycles. The first-order valence-electron chi connectivity index (χ1n) is 7.46. The fraction of sp³-hybridized carbons (Fsp3) is 0.222. The molecule has 1 N–H and O–H groups in total. The Morgan fingerprint density at radius 1 is 1.17 bits per heavy atom. The van der Waals surface area contributed by atoms with Crippen LogP contribution < -0.4 is 5.32 Å². The summed E-state index contributed by atoms with van der Waals surface area (Å²) in [5, 5.41) is 2.84. The van der Waals surface area contributed by atoms with E-state index in [1.807, 2.05) is 36.7 Å². The van der Waals surface area contributed by atoms with Gasteiger partial charge in [-0.25, -0.2) is 9.37 Å². The Bertz CT molecular complexity index is 853. The van der Waals surface area contributed by atoms with Gasteiger partial charge < -0.3 is 9.88 Å². The summed E-state index contributed by atoms with van der Waals surface area (Å²) in [5.74, 6) is 0.596. The van der Waals surface area contributed by atoms with Gasteiger partial charge in [-0.15, -0.1) is 0 Å². The van der Waals surface area contributed by atoms with Gasteiger partial charge in [-0.2, -0.15) is 0 Å². The Labute approximate surface area is 134 Å². The first-order chi connectivity index (χ1) is 11.0. The maximum Gasteiger partial charge on any atom is 0.224 e. The van der Waals surface area contributed by atoms with Crippen molar-refractivity contribution in [3.05, 3.63) is 65.2 Å². The number of aryl methyl sites for hydroxylation is 2. The van der Waals surface area contributed by atoms with Crippen LogP contribution in [0.3, 0.4) is 0 Å². The molecule has 0 aliphatic carbocycles. The van der Waals surface area contributed by atoms with Crippen LogP contribution in [0.15, 0.2) is 42.5 Å². The number of fused-ring (bicyclic) bond motifs is 1. The Balaban J connectivity index is 1.64. The van der Waals surface area contributed by atoms with Crippen LogP contribution >= 0.6 is 0 Å². The van der Waals surface area contributed by atoms with Crippen molar-refractivity contribution in [2.45, 2.75) is 19.9 Å². The number of hydrogen-bond acceptors (Lipinski definition) is 2. The summed E-state index contributed by atoms with van der Waals surface area (Å²) in [4.78, 5) is 16.5. The number of nitrogens with zero attached hydrogens (tertiary/aromatic N) is 2. The van der Waals surface area contributed by atoms with Crippen molar-refractivity contribution in [3.8, 4) is 0 Å². The number of hydrogen-bond donors (Lipinski definition) is 1. The number of carbonyl (C=O) groups is 1. The number of benzene rings is 2. The van der Waals surface area contributed by atoms with Crippen LogP contribution in [0.25, 0.3) is 11.0 Å². The van der Waals surface area contributed by atoms with E-state index in [0.717, 1.165) is 28.0 Å². The van der Waals surface area contributed by atoms with Crippen molar-refractivity contribution in [2.24, 2.45) is 7.05 Å². The average Bonchev–Trinajstić information content (AvgIpc) is 2.81. The zero-order valence-corrected chi connectivity index (χ0v) is 13.1. The Morgan fingerprint density at radius 2 is 1.87 bits per heavy atom. The highest BCUT2D eigenvalue weighted by molar-refractivity contribution is 5.82. The highest BCUT2D eigenvalue weighted by Gasteiger charge is 2.08. The minimum Gasteiger partial charge on any atom is -0.352 e. The maximum atomic E-state index is 12.8. The van der Waals surface area contributed by atoms with Gasteiger partial charge in [0.15, 0.2) is 0 Å². The smallest absolute Gasteiger partial charge is 0.224 e. The van der Waals surface area contributed by atoms with E-state index in [-0.39, 0.29) is 11.7 Å². The van der Waals surface area contributed by atoms with Crippen molar-refractivity contribution < 1.29 is 9.18 Å². The van der Waals surface area contributed by atoms with Gasteiger partial charge in [0.1, 0.15) is 11.6 Å². The summed E-state index contributed by atoms with van der Waals surface area (Å²) in [6.07, 6.45) is 0.298. The molecule has 0 fully saturated rings. The van der Waals surface area contributed by atoms with Crippen molar-refractivity contribution in [2.75, 3.05) is 0 Å². The standard InChI is InChI=1S/C18H18FN3O/c1-12-21-16-9-14(5-8-17(16)22(12)2)10-18(23)20-11-13-3-6-15(19)7-4-13/h3-9H,10-11H2,1-2H3,(H,20,23). The Kier molecular flexibility index (Phi) is 4.10. The Hall–Kier alpha value is -2.69. The molecule has 0 saturated carbocycles. The molecule has 1 amide bonds. The molecule has 118 valence electrons. The van der Waals surface area contributed by atoms with Gasteiger partial charge in [0.05, 0.1) is 17.5 Å². The fourth-order valence-corrected chi connectivity index (χ4v) is 2.53. The second-order valence-electron chi connectivity index (χ2n) is 5.62. The lowest BCUT2D eigenvalue weighted by Gasteiger charge is -2.06. The van der Waals surface area contributed by atoms with Gasteiger partial charge in [0, 0.05) is 13.6 Å². The zero-order chi connectivity index (χ0) is 16.4. The number of halogens is 1. The second kappa shape index (κ2) is 6.20. The second-order valence-corrected chi connectivity index (χ2v) is 5.62. The van der Waals surface area contributed by atoms with E-state index in [1.165, 1.54) is 12.1 Å². The van der Waals surface area contributed by atoms with Gasteiger partial charge in [0.25, 0.3) is 0 Å². The monoisotopic (exact) mass is 311 g/mol. The maximum absolute atomic E-state index is 12.8. The molecule has 0 radical (unpaired) electrons. The zero-order valence-electron chi connectivity index (χ0n) is 13.1. The predicted octanol–water partition coefficient (Wildman–Crippen LogP) is 2.88. The van der Waals surface area contributed by atoms with E-state index >= 15 is 0 Å². The van der Waals surface area contributed by atoms with Crippen LogP contribution in [0.4, 0.5) is 4.39 Å². The van der Waals surface area contributed by atoms with Crippen LogP contribution in [0, 0.1) is 12.7 Å². The first-order valence-corrected chi connectivity index (χ1v) is 7.46. The van der Waals surface area contributed by atoms with Gasteiger partial charge in [-0.05, 0) is 42.3 Å². The van der Waals surface area contributed by atoms with Gasteiger partial charge >= 0.3 is 0 Å². The molecular weight excluding hydrogens is 293 g/mol. The molecule has 5 heteroatoms. The minimum atomic E-state index is -0.279. The third kappa shape index (κ3) is 3.39. The number of nitrogens with one attached hydrogen (secondary N) is 1. The summed E-state index contributed by atoms with van der Waals surface area (Å²) < 4.78 is 14.9. The van der Waals surface area contributed by atoms with Crippen molar-refractivity contribution in [3.63, 3.8) is 0 Å². The molecule has 23 heavy (non-hydrogen) atoms. The lowest BCUT2D eigenvalue weighted by Crippen LogP contribution is -2.24. The van der Waals surface area contributed by atoms with E-state index < -0.39 is 0 Å². The number of carbonyl (C=O) groups excluding carboxylic acids is 1. The van der Waals surface area contributed by atoms with Crippen LogP contribution in [0.1, 0.15) is 17.0 Å². The number of rotatable bonds is 4. The molecule has 0 atom stereocenters. The average molecular weight is 311 g/mol. The topological polar surface area (TPSA) is 46.9 Å². The van der Waals surface area contributed by atoms with E-state index in [0.29, 0.717) is 13.0 Å². The first kappa shape index (κ1) is 15.2. The molecule has 0 aliphatic rings. The summed E-state index contributed by atoms with van der Waals surface area (Å²) in [6, 6.07) is 12.0. The van der Waals surface area contributed by atoms with Gasteiger partial charge in [-0.1, -0.05) is 18.2 Å². The summed E-state index contributed by atoms with van der Waals surface area (Å²) >= 11 is 0. The molecule has 3 aromatic rings.